The van der Waals surface area contributed by atoms with Crippen molar-refractivity contribution in [2.75, 3.05) is 6.61 Å². The zero-order valence-electron chi connectivity index (χ0n) is 12.3. The van der Waals surface area contributed by atoms with Crippen LogP contribution in [-0.4, -0.2) is 75.3 Å². The number of nitrogens with two attached hydrogens (primary N) is 2. The lowest BCUT2D eigenvalue weighted by molar-refractivity contribution is -0.145. The van der Waals surface area contributed by atoms with Crippen LogP contribution in [0.3, 0.4) is 0 Å². The van der Waals surface area contributed by atoms with Crippen molar-refractivity contribution < 1.29 is 34.8 Å². The molecule has 0 saturated carbocycles. The van der Waals surface area contributed by atoms with Crippen LogP contribution in [0.2, 0.25) is 0 Å². The number of hydrogen-bond acceptors (Lipinski definition) is 7. The Morgan fingerprint density at radius 1 is 1.43 bits per heavy atom. The number of nitrogens with one attached hydrogen (secondary N) is 1. The van der Waals surface area contributed by atoms with E-state index in [0.717, 1.165) is 6.08 Å². The van der Waals surface area contributed by atoms with Gasteiger partial charge in [-0.1, -0.05) is 0 Å². The molecule has 0 spiro atoms. The largest absolute Gasteiger partial charge is 0.478 e. The number of aliphatic hydroxyl groups excluding tert-OH is 3. The molecule has 11 nitrogen and oxygen atoms in total. The fourth-order valence-corrected chi connectivity index (χ4v) is 2.14. The van der Waals surface area contributed by atoms with Gasteiger partial charge < -0.3 is 41.9 Å². The summed E-state index contributed by atoms with van der Waals surface area (Å²) in [5.74, 6) is -2.89. The van der Waals surface area contributed by atoms with Crippen LogP contribution in [0, 0.1) is 0 Å². The van der Waals surface area contributed by atoms with Gasteiger partial charge in [-0.25, -0.2) is 9.79 Å². The molecular weight excluding hydrogens is 312 g/mol. The van der Waals surface area contributed by atoms with Gasteiger partial charge in [0.25, 0.3) is 0 Å². The van der Waals surface area contributed by atoms with Crippen molar-refractivity contribution >= 4 is 17.8 Å². The molecule has 0 radical (unpaired) electrons. The molecule has 11 heteroatoms. The van der Waals surface area contributed by atoms with Crippen LogP contribution < -0.4 is 16.8 Å². The molecule has 0 aromatic carbocycles. The van der Waals surface area contributed by atoms with Crippen molar-refractivity contribution in [1.29, 1.82) is 0 Å². The van der Waals surface area contributed by atoms with Gasteiger partial charge in [0, 0.05) is 6.92 Å². The summed E-state index contributed by atoms with van der Waals surface area (Å²) in [6.45, 7) is 0.391. The second-order valence-electron chi connectivity index (χ2n) is 4.93. The summed E-state index contributed by atoms with van der Waals surface area (Å²) in [5.41, 5.74) is 10.6. The van der Waals surface area contributed by atoms with Gasteiger partial charge >= 0.3 is 5.97 Å². The monoisotopic (exact) mass is 332 g/mol. The van der Waals surface area contributed by atoms with Crippen LogP contribution in [0.4, 0.5) is 0 Å². The van der Waals surface area contributed by atoms with E-state index in [0.29, 0.717) is 0 Å². The van der Waals surface area contributed by atoms with Crippen LogP contribution in [0.15, 0.2) is 16.8 Å². The third-order valence-corrected chi connectivity index (χ3v) is 3.10. The summed E-state index contributed by atoms with van der Waals surface area (Å²) in [6, 6.07) is -2.11. The molecular formula is C12H20N4O7. The molecule has 0 aromatic heterocycles. The SMILES string of the molecule is CC(=O)N[C@@H]1C(N=C(N)N)C=C(C(=O)O)O[C@H]1[C@H](O)[C@H](O)CO. The van der Waals surface area contributed by atoms with Crippen molar-refractivity contribution in [3.63, 3.8) is 0 Å². The quantitative estimate of drug-likeness (QED) is 0.188. The highest BCUT2D eigenvalue weighted by molar-refractivity contribution is 5.85. The maximum absolute atomic E-state index is 11.4. The number of carboxylic acids is 1. The maximum atomic E-state index is 11.4. The number of nitrogens with zero attached hydrogens (tertiary/aromatic N) is 1. The van der Waals surface area contributed by atoms with Crippen LogP contribution >= 0.6 is 0 Å². The van der Waals surface area contributed by atoms with Gasteiger partial charge in [0.15, 0.2) is 5.96 Å². The molecule has 1 amide bonds. The van der Waals surface area contributed by atoms with Gasteiger partial charge in [0.05, 0.1) is 18.7 Å². The van der Waals surface area contributed by atoms with Crippen LogP contribution in [0.25, 0.3) is 0 Å². The highest BCUT2D eigenvalue weighted by Gasteiger charge is 2.43. The molecule has 1 rings (SSSR count). The zero-order valence-corrected chi connectivity index (χ0v) is 12.3. The number of ether oxygens (including phenoxy) is 1. The van der Waals surface area contributed by atoms with Gasteiger partial charge in [0.2, 0.25) is 11.7 Å². The number of amides is 1. The molecule has 0 aromatic rings. The van der Waals surface area contributed by atoms with Crippen molar-refractivity contribution in [3.8, 4) is 0 Å². The maximum Gasteiger partial charge on any atom is 0.370 e. The predicted molar refractivity (Wildman–Crippen MR) is 76.9 cm³/mol. The van der Waals surface area contributed by atoms with E-state index in [-0.39, 0.29) is 5.96 Å². The smallest absolute Gasteiger partial charge is 0.370 e. The van der Waals surface area contributed by atoms with Crippen molar-refractivity contribution in [3.05, 3.63) is 11.8 Å². The third kappa shape index (κ3) is 4.81. The number of aliphatic hydroxyl groups is 3. The Bertz CT molecular complexity index is 518. The van der Waals surface area contributed by atoms with E-state index in [9.17, 15) is 19.8 Å². The summed E-state index contributed by atoms with van der Waals surface area (Å²) < 4.78 is 5.13. The van der Waals surface area contributed by atoms with Crippen LogP contribution in [0.1, 0.15) is 6.92 Å². The highest BCUT2D eigenvalue weighted by Crippen LogP contribution is 2.24. The van der Waals surface area contributed by atoms with Gasteiger partial charge in [0.1, 0.15) is 18.3 Å². The Morgan fingerprint density at radius 2 is 2.04 bits per heavy atom. The van der Waals surface area contributed by atoms with E-state index in [2.05, 4.69) is 10.3 Å². The molecule has 1 unspecified atom stereocenters. The van der Waals surface area contributed by atoms with E-state index in [4.69, 9.17) is 26.4 Å². The third-order valence-electron chi connectivity index (χ3n) is 3.10. The topological polar surface area (TPSA) is 201 Å². The summed E-state index contributed by atoms with van der Waals surface area (Å²) >= 11 is 0. The Kier molecular flexibility index (Phi) is 6.30. The molecule has 1 heterocycles. The number of hydrogen-bond donors (Lipinski definition) is 7. The van der Waals surface area contributed by atoms with E-state index >= 15 is 0 Å². The molecule has 1 aliphatic rings. The van der Waals surface area contributed by atoms with Gasteiger partial charge in [-0.15, -0.1) is 0 Å². The zero-order chi connectivity index (χ0) is 17.7. The van der Waals surface area contributed by atoms with E-state index in [1.165, 1.54) is 6.92 Å². The number of carbonyl (C=O) groups is 2. The lowest BCUT2D eigenvalue weighted by atomic mass is 9.92. The predicted octanol–water partition coefficient (Wildman–Crippen LogP) is -3.79. The summed E-state index contributed by atoms with van der Waals surface area (Å²) in [4.78, 5) is 26.3. The summed E-state index contributed by atoms with van der Waals surface area (Å²) in [5, 5.41) is 40.1. The lowest BCUT2D eigenvalue weighted by Crippen LogP contribution is -2.59. The summed E-state index contributed by atoms with van der Waals surface area (Å²) in [6.07, 6.45) is -3.65. The number of aliphatic carboxylic acids is 1. The minimum Gasteiger partial charge on any atom is -0.478 e. The van der Waals surface area contributed by atoms with E-state index < -0.39 is 54.6 Å². The van der Waals surface area contributed by atoms with Crippen molar-refractivity contribution in [2.45, 2.75) is 37.3 Å². The molecule has 0 fully saturated rings. The Labute approximate surface area is 131 Å². The minimum absolute atomic E-state index is 0.371. The van der Waals surface area contributed by atoms with Crippen LogP contribution in [-0.2, 0) is 14.3 Å². The average molecular weight is 332 g/mol. The minimum atomic E-state index is -1.70. The number of rotatable bonds is 6. The normalized spacial score (nSPS) is 26.3. The average Bonchev–Trinajstić information content (AvgIpc) is 2.45. The molecule has 1 aliphatic heterocycles. The molecule has 5 atom stereocenters. The molecule has 0 bridgehead atoms. The molecule has 23 heavy (non-hydrogen) atoms. The van der Waals surface area contributed by atoms with E-state index in [1.807, 2.05) is 0 Å². The van der Waals surface area contributed by atoms with Gasteiger partial charge in [-0.2, -0.15) is 0 Å². The lowest BCUT2D eigenvalue weighted by Gasteiger charge is -2.38. The van der Waals surface area contributed by atoms with Crippen LogP contribution in [0.5, 0.6) is 0 Å². The van der Waals surface area contributed by atoms with Crippen molar-refractivity contribution in [1.82, 2.24) is 5.32 Å². The highest BCUT2D eigenvalue weighted by atomic mass is 16.5. The first-order valence-electron chi connectivity index (χ1n) is 6.62. The number of guanidine groups is 1. The van der Waals surface area contributed by atoms with Crippen molar-refractivity contribution in [2.24, 2.45) is 16.5 Å². The molecule has 9 N–H and O–H groups in total. The first kappa shape index (κ1) is 18.7. The number of carboxylic acid groups (broad SMARTS) is 1. The second kappa shape index (κ2) is 7.76. The fraction of sp³-hybridized carbons (Fsp3) is 0.583. The summed E-state index contributed by atoms with van der Waals surface area (Å²) in [7, 11) is 0. The first-order valence-corrected chi connectivity index (χ1v) is 6.62. The van der Waals surface area contributed by atoms with E-state index in [1.54, 1.807) is 0 Å². The number of aliphatic imine (C=N–C) groups is 1. The molecule has 0 aliphatic carbocycles. The fourth-order valence-electron chi connectivity index (χ4n) is 2.14. The Hall–Kier alpha value is -2.37. The number of carbonyl (C=O) groups excluding carboxylic acids is 1. The molecule has 130 valence electrons. The van der Waals surface area contributed by atoms with Gasteiger partial charge in [-0.3, -0.25) is 4.79 Å². The second-order valence-corrected chi connectivity index (χ2v) is 4.93. The first-order chi connectivity index (χ1) is 10.7. The Balaban J connectivity index is 3.28. The standard InChI is InChI=1S/C12H20N4O7/c1-4(18)15-8-5(16-12(13)14)2-7(11(21)22)23-10(8)9(20)6(19)3-17/h2,5-6,8-10,17,19-20H,3H2,1H3,(H,15,18)(H,21,22)(H4,13,14,16)/t5?,6-,8-,9-,10-/m1/s1. The van der Waals surface area contributed by atoms with Gasteiger partial charge in [-0.05, 0) is 6.08 Å². The molecule has 0 saturated heterocycles. The Morgan fingerprint density at radius 3 is 2.48 bits per heavy atom.